The van der Waals surface area contributed by atoms with Crippen molar-refractivity contribution in [3.63, 3.8) is 0 Å². The molecule has 0 aromatic heterocycles. The van der Waals surface area contributed by atoms with Crippen LogP contribution in [-0.2, 0) is 4.74 Å². The van der Waals surface area contributed by atoms with Crippen molar-refractivity contribution in [1.82, 2.24) is 5.32 Å². The summed E-state index contributed by atoms with van der Waals surface area (Å²) in [4.78, 5) is 12.1. The topological polar surface area (TPSA) is 58.6 Å². The number of aliphatic hydroxyl groups is 1. The van der Waals surface area contributed by atoms with Gasteiger partial charge in [0.05, 0.1) is 19.3 Å². The maximum atomic E-state index is 12.1. The first-order chi connectivity index (χ1) is 15.8. The molecule has 32 heavy (non-hydrogen) atoms. The summed E-state index contributed by atoms with van der Waals surface area (Å²) in [5.74, 6) is -0.171. The van der Waals surface area contributed by atoms with Gasteiger partial charge in [-0.3, -0.25) is 4.79 Å². The molecule has 0 heterocycles. The second-order valence-corrected chi connectivity index (χ2v) is 9.10. The summed E-state index contributed by atoms with van der Waals surface area (Å²) in [7, 11) is 0. The van der Waals surface area contributed by atoms with Crippen molar-refractivity contribution in [3.8, 4) is 0 Å². The summed E-state index contributed by atoms with van der Waals surface area (Å²) in [5, 5.41) is 12.3. The molecule has 0 aliphatic heterocycles. The molecule has 0 saturated heterocycles. The average Bonchev–Trinajstić information content (AvgIpc) is 2.83. The molecule has 1 amide bonds. The van der Waals surface area contributed by atoms with Gasteiger partial charge in [0.1, 0.15) is 0 Å². The first-order valence-electron chi connectivity index (χ1n) is 13.3. The van der Waals surface area contributed by atoms with Gasteiger partial charge in [0, 0.05) is 12.2 Å². The Morgan fingerprint density at radius 3 is 1.72 bits per heavy atom. The van der Waals surface area contributed by atoms with Crippen molar-refractivity contribution in [2.75, 3.05) is 19.8 Å². The van der Waals surface area contributed by atoms with Gasteiger partial charge in [-0.05, 0) is 18.6 Å². The first-order valence-corrected chi connectivity index (χ1v) is 13.3. The van der Waals surface area contributed by atoms with E-state index in [0.717, 1.165) is 6.42 Å². The second-order valence-electron chi connectivity index (χ2n) is 9.10. The Labute approximate surface area is 197 Å². The fourth-order valence-electron chi connectivity index (χ4n) is 3.98. The molecule has 1 rings (SSSR count). The molecule has 1 aromatic carbocycles. The van der Waals surface area contributed by atoms with Crippen LogP contribution in [0.15, 0.2) is 30.3 Å². The average molecular weight is 448 g/mol. The van der Waals surface area contributed by atoms with Gasteiger partial charge in [-0.2, -0.15) is 0 Å². The van der Waals surface area contributed by atoms with Gasteiger partial charge in [-0.25, -0.2) is 0 Å². The number of rotatable bonds is 22. The maximum absolute atomic E-state index is 12.1. The van der Waals surface area contributed by atoms with Gasteiger partial charge in [-0.15, -0.1) is 0 Å². The van der Waals surface area contributed by atoms with E-state index in [0.29, 0.717) is 18.8 Å². The van der Waals surface area contributed by atoms with Crippen molar-refractivity contribution in [2.24, 2.45) is 0 Å². The van der Waals surface area contributed by atoms with E-state index < -0.39 is 0 Å². The molecule has 1 atom stereocenters. The lowest BCUT2D eigenvalue weighted by Crippen LogP contribution is -2.40. The van der Waals surface area contributed by atoms with E-state index in [1.54, 1.807) is 12.1 Å². The van der Waals surface area contributed by atoms with Gasteiger partial charge < -0.3 is 15.2 Å². The molecule has 0 aliphatic rings. The monoisotopic (exact) mass is 447 g/mol. The van der Waals surface area contributed by atoms with Crippen molar-refractivity contribution >= 4 is 5.91 Å². The minimum absolute atomic E-state index is 0.114. The Morgan fingerprint density at radius 2 is 1.25 bits per heavy atom. The number of ether oxygens (including phenoxy) is 1. The summed E-state index contributed by atoms with van der Waals surface area (Å²) < 4.78 is 5.67. The number of unbranched alkanes of at least 4 members (excludes halogenated alkanes) is 15. The van der Waals surface area contributed by atoms with E-state index in [1.165, 1.54) is 96.3 Å². The quantitative estimate of drug-likeness (QED) is 0.187. The highest BCUT2D eigenvalue weighted by Gasteiger charge is 2.12. The van der Waals surface area contributed by atoms with Crippen molar-refractivity contribution < 1.29 is 14.6 Å². The highest BCUT2D eigenvalue weighted by Crippen LogP contribution is 2.13. The van der Waals surface area contributed by atoms with Crippen LogP contribution in [0.3, 0.4) is 0 Å². The van der Waals surface area contributed by atoms with Crippen LogP contribution < -0.4 is 5.32 Å². The SMILES string of the molecule is CCCCCCCCCCCCCCCCCCOCC(CO)NC(=O)c1ccccc1. The zero-order chi connectivity index (χ0) is 23.1. The Morgan fingerprint density at radius 1 is 0.781 bits per heavy atom. The molecule has 0 spiro atoms. The fourth-order valence-corrected chi connectivity index (χ4v) is 3.98. The third-order valence-corrected chi connectivity index (χ3v) is 6.05. The van der Waals surface area contributed by atoms with Crippen LogP contribution in [-0.4, -0.2) is 36.9 Å². The Hall–Kier alpha value is -1.39. The van der Waals surface area contributed by atoms with Gasteiger partial charge >= 0.3 is 0 Å². The number of benzene rings is 1. The van der Waals surface area contributed by atoms with Crippen LogP contribution in [0.5, 0.6) is 0 Å². The van der Waals surface area contributed by atoms with Crippen molar-refractivity contribution in [1.29, 1.82) is 0 Å². The van der Waals surface area contributed by atoms with Crippen LogP contribution in [0.1, 0.15) is 120 Å². The molecular formula is C28H49NO3. The molecule has 184 valence electrons. The lowest BCUT2D eigenvalue weighted by molar-refractivity contribution is 0.0718. The highest BCUT2D eigenvalue weighted by molar-refractivity contribution is 5.94. The molecule has 1 unspecified atom stereocenters. The van der Waals surface area contributed by atoms with Gasteiger partial charge in [0.15, 0.2) is 0 Å². The fraction of sp³-hybridized carbons (Fsp3) is 0.750. The van der Waals surface area contributed by atoms with Gasteiger partial charge in [0.25, 0.3) is 5.91 Å². The minimum atomic E-state index is -0.358. The van der Waals surface area contributed by atoms with E-state index >= 15 is 0 Å². The van der Waals surface area contributed by atoms with Crippen LogP contribution in [0, 0.1) is 0 Å². The standard InChI is InChI=1S/C28H49NO3/c1-2-3-4-5-6-7-8-9-10-11-12-13-14-15-16-20-23-32-25-27(24-30)29-28(31)26-21-18-17-19-22-26/h17-19,21-22,27,30H,2-16,20,23-25H2,1H3,(H,29,31). The van der Waals surface area contributed by atoms with Crippen LogP contribution in [0.25, 0.3) is 0 Å². The first kappa shape index (κ1) is 28.6. The normalized spacial score (nSPS) is 12.1. The van der Waals surface area contributed by atoms with E-state index in [2.05, 4.69) is 12.2 Å². The lowest BCUT2D eigenvalue weighted by Gasteiger charge is -2.16. The molecule has 0 saturated carbocycles. The molecule has 1 aromatic rings. The number of carbonyl (C=O) groups excluding carboxylic acids is 1. The number of nitrogens with one attached hydrogen (secondary N) is 1. The molecule has 0 bridgehead atoms. The highest BCUT2D eigenvalue weighted by atomic mass is 16.5. The molecule has 4 nitrogen and oxygen atoms in total. The largest absolute Gasteiger partial charge is 0.394 e. The number of hydrogen-bond donors (Lipinski definition) is 2. The summed E-state index contributed by atoms with van der Waals surface area (Å²) in [5.41, 5.74) is 0.601. The van der Waals surface area contributed by atoms with E-state index in [1.807, 2.05) is 18.2 Å². The zero-order valence-electron chi connectivity index (χ0n) is 20.7. The second kappa shape index (κ2) is 21.5. The van der Waals surface area contributed by atoms with Gasteiger partial charge in [0.2, 0.25) is 0 Å². The number of hydrogen-bond acceptors (Lipinski definition) is 3. The molecule has 0 radical (unpaired) electrons. The molecule has 2 N–H and O–H groups in total. The summed E-state index contributed by atoms with van der Waals surface area (Å²) in [6.07, 6.45) is 21.7. The maximum Gasteiger partial charge on any atom is 0.251 e. The lowest BCUT2D eigenvalue weighted by atomic mass is 10.0. The third-order valence-electron chi connectivity index (χ3n) is 6.05. The Balaban J connectivity index is 1.84. The van der Waals surface area contributed by atoms with E-state index in [4.69, 9.17) is 4.74 Å². The van der Waals surface area contributed by atoms with Gasteiger partial charge in [-0.1, -0.05) is 121 Å². The molecular weight excluding hydrogens is 398 g/mol. The number of aliphatic hydroxyl groups excluding tert-OH is 1. The van der Waals surface area contributed by atoms with Crippen molar-refractivity contribution in [3.05, 3.63) is 35.9 Å². The molecule has 0 fully saturated rings. The number of amides is 1. The molecule has 0 aliphatic carbocycles. The summed E-state index contributed by atoms with van der Waals surface area (Å²) in [6.45, 7) is 3.21. The summed E-state index contributed by atoms with van der Waals surface area (Å²) in [6, 6.07) is 8.71. The zero-order valence-corrected chi connectivity index (χ0v) is 20.7. The van der Waals surface area contributed by atoms with Crippen LogP contribution in [0.4, 0.5) is 0 Å². The predicted octanol–water partition coefficient (Wildman–Crippen LogP) is 7.06. The molecule has 4 heteroatoms. The van der Waals surface area contributed by atoms with Crippen molar-refractivity contribution in [2.45, 2.75) is 116 Å². The number of carbonyl (C=O) groups is 1. The van der Waals surface area contributed by atoms with E-state index in [-0.39, 0.29) is 18.6 Å². The third kappa shape index (κ3) is 16.3. The van der Waals surface area contributed by atoms with Crippen LogP contribution >= 0.6 is 0 Å². The van der Waals surface area contributed by atoms with E-state index in [9.17, 15) is 9.90 Å². The van der Waals surface area contributed by atoms with Crippen LogP contribution in [0.2, 0.25) is 0 Å². The minimum Gasteiger partial charge on any atom is -0.394 e. The Bertz CT molecular complexity index is 535. The summed E-state index contributed by atoms with van der Waals surface area (Å²) >= 11 is 0. The predicted molar refractivity (Wildman–Crippen MR) is 135 cm³/mol. The smallest absolute Gasteiger partial charge is 0.251 e. The Kier molecular flexibility index (Phi) is 19.2.